The van der Waals surface area contributed by atoms with Crippen molar-refractivity contribution in [3.8, 4) is 0 Å². The number of carbonyl (C=O) groups excluding carboxylic acids is 2. The van der Waals surface area contributed by atoms with Gasteiger partial charge in [-0.1, -0.05) is 198 Å². The van der Waals surface area contributed by atoms with Crippen molar-refractivity contribution in [2.24, 2.45) is 0 Å². The Balaban J connectivity index is 1.86. The molecule has 0 aromatic heterocycles. The fraction of sp³-hybridized carbons (Fsp3) is 0.822. The number of amides is 3. The maximum atomic E-state index is 13.8. The third-order valence-electron chi connectivity index (χ3n) is 11.0. The number of nitrogens with one attached hydrogen (secondary N) is 2. The Morgan fingerprint density at radius 3 is 1.58 bits per heavy atom. The maximum Gasteiger partial charge on any atom is 0.407 e. The van der Waals surface area contributed by atoms with E-state index in [0.717, 1.165) is 50.5 Å². The van der Waals surface area contributed by atoms with Gasteiger partial charge in [-0.2, -0.15) is 0 Å². The standard InChI is InChI=1S/C45H81N3O7/c1-3-5-7-9-11-13-15-16-17-18-19-20-21-23-25-30-34-46-44(52)48(35-31-26-24-22-14-12-10-8-6-4-2)43-40(42(51)41(50)39(36-49)55-43)47-45(53)54-37-38-32-28-27-29-33-38/h27-29,32-33,39-43,49-51H,3-26,30-31,34-37H2,1-2H3,(H,46,52)(H,47,53)/t39-,40+,41+,42-,43-/m1/s1. The van der Waals surface area contributed by atoms with Gasteiger partial charge in [0.15, 0.2) is 6.23 Å². The fourth-order valence-electron chi connectivity index (χ4n) is 7.51. The van der Waals surface area contributed by atoms with Crippen molar-refractivity contribution < 1.29 is 34.4 Å². The number of alkyl carbamates (subject to hydrolysis) is 1. The Morgan fingerprint density at radius 1 is 0.655 bits per heavy atom. The molecule has 0 radical (unpaired) electrons. The van der Waals surface area contributed by atoms with Gasteiger partial charge in [-0.15, -0.1) is 0 Å². The maximum absolute atomic E-state index is 13.8. The Morgan fingerprint density at radius 2 is 1.11 bits per heavy atom. The molecule has 10 heteroatoms. The summed E-state index contributed by atoms with van der Waals surface area (Å²) in [6.45, 7) is 4.81. The minimum absolute atomic E-state index is 0.0188. The first-order valence-corrected chi connectivity index (χ1v) is 22.6. The highest BCUT2D eigenvalue weighted by molar-refractivity contribution is 5.75. The first-order valence-electron chi connectivity index (χ1n) is 22.6. The number of rotatable bonds is 33. The van der Waals surface area contributed by atoms with Crippen LogP contribution in [0.15, 0.2) is 30.3 Å². The summed E-state index contributed by atoms with van der Waals surface area (Å²) in [5.74, 6) is 0. The average Bonchev–Trinajstić information content (AvgIpc) is 3.20. The van der Waals surface area contributed by atoms with E-state index in [0.29, 0.717) is 13.1 Å². The van der Waals surface area contributed by atoms with Gasteiger partial charge in [-0.25, -0.2) is 9.59 Å². The predicted octanol–water partition coefficient (Wildman–Crippen LogP) is 9.91. The molecule has 5 atom stereocenters. The van der Waals surface area contributed by atoms with E-state index in [-0.39, 0.29) is 12.6 Å². The summed E-state index contributed by atoms with van der Waals surface area (Å²) in [6, 6.07) is 7.71. The molecular weight excluding hydrogens is 695 g/mol. The van der Waals surface area contributed by atoms with E-state index >= 15 is 0 Å². The van der Waals surface area contributed by atoms with Gasteiger partial charge in [-0.3, -0.25) is 4.90 Å². The molecule has 3 amide bonds. The summed E-state index contributed by atoms with van der Waals surface area (Å²) in [7, 11) is 0. The summed E-state index contributed by atoms with van der Waals surface area (Å²) in [5, 5.41) is 37.6. The Kier molecular flexibility index (Phi) is 28.9. The molecule has 318 valence electrons. The lowest BCUT2D eigenvalue weighted by atomic mass is 9.95. The van der Waals surface area contributed by atoms with Crippen LogP contribution in [0.3, 0.4) is 0 Å². The van der Waals surface area contributed by atoms with Crippen molar-refractivity contribution >= 4 is 12.1 Å². The van der Waals surface area contributed by atoms with E-state index in [1.165, 1.54) is 127 Å². The SMILES string of the molecule is CCCCCCCCCCCCCCCCCCNC(=O)N(CCCCCCCCCCCC)[C@@H]1O[C@H](CO)[C@H](O)[C@H](O)[C@@H]1NC(=O)OCc1ccccc1. The van der Waals surface area contributed by atoms with Gasteiger partial charge in [0, 0.05) is 13.1 Å². The normalized spacial score (nSPS) is 19.6. The number of hydrogen-bond donors (Lipinski definition) is 5. The highest BCUT2D eigenvalue weighted by atomic mass is 16.6. The lowest BCUT2D eigenvalue weighted by molar-refractivity contribution is -0.222. The van der Waals surface area contributed by atoms with Crippen molar-refractivity contribution in [2.45, 2.75) is 218 Å². The van der Waals surface area contributed by atoms with Gasteiger partial charge in [0.25, 0.3) is 0 Å². The lowest BCUT2D eigenvalue weighted by Gasteiger charge is -2.46. The molecule has 5 N–H and O–H groups in total. The summed E-state index contributed by atoms with van der Waals surface area (Å²) < 4.78 is 11.5. The van der Waals surface area contributed by atoms with E-state index in [1.807, 2.05) is 30.3 Å². The second kappa shape index (κ2) is 32.7. The summed E-state index contributed by atoms with van der Waals surface area (Å²) in [6.07, 6.45) is 25.9. The van der Waals surface area contributed by atoms with Crippen LogP contribution >= 0.6 is 0 Å². The van der Waals surface area contributed by atoms with Crippen molar-refractivity contribution in [3.05, 3.63) is 35.9 Å². The van der Waals surface area contributed by atoms with E-state index in [1.54, 1.807) is 0 Å². The van der Waals surface area contributed by atoms with E-state index in [2.05, 4.69) is 24.5 Å². The topological polar surface area (TPSA) is 141 Å². The van der Waals surface area contributed by atoms with Gasteiger partial charge in [-0.05, 0) is 18.4 Å². The molecule has 1 heterocycles. The minimum atomic E-state index is -1.50. The second-order valence-corrected chi connectivity index (χ2v) is 15.9. The highest BCUT2D eigenvalue weighted by Gasteiger charge is 2.48. The lowest BCUT2D eigenvalue weighted by Crippen LogP contribution is -2.69. The molecule has 1 saturated heterocycles. The van der Waals surface area contributed by atoms with Crippen LogP contribution in [0.4, 0.5) is 9.59 Å². The van der Waals surface area contributed by atoms with Crippen molar-refractivity contribution in [2.75, 3.05) is 19.7 Å². The van der Waals surface area contributed by atoms with Crippen LogP contribution < -0.4 is 10.6 Å². The van der Waals surface area contributed by atoms with Crippen LogP contribution in [0, 0.1) is 0 Å². The quantitative estimate of drug-likeness (QED) is 0.0448. The van der Waals surface area contributed by atoms with Crippen molar-refractivity contribution in [3.63, 3.8) is 0 Å². The van der Waals surface area contributed by atoms with Gasteiger partial charge >= 0.3 is 12.1 Å². The zero-order valence-electron chi connectivity index (χ0n) is 34.9. The van der Waals surface area contributed by atoms with Gasteiger partial charge in [0.2, 0.25) is 0 Å². The third-order valence-corrected chi connectivity index (χ3v) is 11.0. The molecular formula is C45H81N3O7. The van der Waals surface area contributed by atoms with Crippen LogP contribution in [0.2, 0.25) is 0 Å². The molecule has 1 fully saturated rings. The number of benzene rings is 1. The average molecular weight is 776 g/mol. The molecule has 1 aliphatic heterocycles. The fourth-order valence-corrected chi connectivity index (χ4v) is 7.51. The highest BCUT2D eigenvalue weighted by Crippen LogP contribution is 2.25. The Bertz CT molecular complexity index is 1060. The molecule has 0 spiro atoms. The Labute approximate surface area is 334 Å². The van der Waals surface area contributed by atoms with Crippen LogP contribution in [0.1, 0.15) is 186 Å². The zero-order chi connectivity index (χ0) is 39.8. The minimum Gasteiger partial charge on any atom is -0.445 e. The predicted molar refractivity (Wildman–Crippen MR) is 223 cm³/mol. The van der Waals surface area contributed by atoms with Crippen LogP contribution in [-0.4, -0.2) is 82.6 Å². The molecule has 1 aromatic carbocycles. The van der Waals surface area contributed by atoms with E-state index in [4.69, 9.17) is 9.47 Å². The number of aliphatic hydroxyl groups is 3. The Hall–Kier alpha value is -2.40. The molecule has 1 aliphatic rings. The third kappa shape index (κ3) is 22.2. The van der Waals surface area contributed by atoms with Crippen LogP contribution in [-0.2, 0) is 16.1 Å². The molecule has 0 saturated carbocycles. The zero-order valence-corrected chi connectivity index (χ0v) is 34.9. The molecule has 1 aromatic rings. The first kappa shape index (κ1) is 48.7. The number of urea groups is 1. The van der Waals surface area contributed by atoms with Crippen molar-refractivity contribution in [1.29, 1.82) is 0 Å². The number of unbranched alkanes of at least 4 members (excludes halogenated alkanes) is 24. The van der Waals surface area contributed by atoms with Gasteiger partial charge in [0.05, 0.1) is 6.61 Å². The molecule has 0 bridgehead atoms. The van der Waals surface area contributed by atoms with Gasteiger partial charge < -0.3 is 35.4 Å². The number of aliphatic hydroxyl groups excluding tert-OH is 3. The molecule has 0 aliphatic carbocycles. The molecule has 55 heavy (non-hydrogen) atoms. The number of hydrogen-bond acceptors (Lipinski definition) is 7. The van der Waals surface area contributed by atoms with Gasteiger partial charge in [0.1, 0.15) is 31.0 Å². The summed E-state index contributed by atoms with van der Waals surface area (Å²) in [5.41, 5.74) is 0.797. The monoisotopic (exact) mass is 776 g/mol. The second-order valence-electron chi connectivity index (χ2n) is 15.9. The smallest absolute Gasteiger partial charge is 0.407 e. The number of nitrogens with zero attached hydrogens (tertiary/aromatic N) is 1. The first-order chi connectivity index (χ1) is 26.9. The number of carbonyl (C=O) groups is 2. The van der Waals surface area contributed by atoms with Crippen molar-refractivity contribution in [1.82, 2.24) is 15.5 Å². The molecule has 10 nitrogen and oxygen atoms in total. The van der Waals surface area contributed by atoms with Crippen LogP contribution in [0.25, 0.3) is 0 Å². The summed E-state index contributed by atoms with van der Waals surface area (Å²) >= 11 is 0. The van der Waals surface area contributed by atoms with E-state index in [9.17, 15) is 24.9 Å². The molecule has 0 unspecified atom stereocenters. The summed E-state index contributed by atoms with van der Waals surface area (Å²) in [4.78, 5) is 28.3. The largest absolute Gasteiger partial charge is 0.445 e. The number of ether oxygens (including phenoxy) is 2. The molecule has 2 rings (SSSR count). The van der Waals surface area contributed by atoms with E-state index < -0.39 is 43.3 Å². The van der Waals surface area contributed by atoms with Crippen LogP contribution in [0.5, 0.6) is 0 Å².